The number of amides is 2. The Morgan fingerprint density at radius 3 is 2.24 bits per heavy atom. The third-order valence-electron chi connectivity index (χ3n) is 3.64. The largest absolute Gasteiger partial charge is 0.450 e. The number of benzene rings is 2. The van der Waals surface area contributed by atoms with Crippen molar-refractivity contribution in [3.63, 3.8) is 0 Å². The van der Waals surface area contributed by atoms with Crippen molar-refractivity contribution in [1.82, 2.24) is 0 Å². The maximum absolute atomic E-state index is 12.4. The monoisotopic (exact) mass is 336 g/mol. The molecule has 1 heterocycles. The number of rotatable bonds is 3. The van der Waals surface area contributed by atoms with Crippen molar-refractivity contribution in [2.75, 3.05) is 10.6 Å². The zero-order valence-electron chi connectivity index (χ0n) is 13.8. The molecule has 6 nitrogen and oxygen atoms in total. The summed E-state index contributed by atoms with van der Waals surface area (Å²) in [6.45, 7) is 3.23. The van der Waals surface area contributed by atoms with Crippen molar-refractivity contribution < 1.29 is 14.0 Å². The lowest BCUT2D eigenvalue weighted by molar-refractivity contribution is -0.114. The molecule has 0 unspecified atom stereocenters. The third kappa shape index (κ3) is 3.58. The van der Waals surface area contributed by atoms with Crippen LogP contribution >= 0.6 is 0 Å². The Hall–Kier alpha value is -3.41. The van der Waals surface area contributed by atoms with E-state index in [9.17, 15) is 14.4 Å². The van der Waals surface area contributed by atoms with Gasteiger partial charge in [0.15, 0.2) is 11.2 Å². The van der Waals surface area contributed by atoms with Gasteiger partial charge < -0.3 is 15.1 Å². The van der Waals surface area contributed by atoms with E-state index in [4.69, 9.17) is 4.42 Å². The van der Waals surface area contributed by atoms with Gasteiger partial charge in [0.2, 0.25) is 5.91 Å². The van der Waals surface area contributed by atoms with Crippen molar-refractivity contribution >= 4 is 34.2 Å². The second-order valence-corrected chi connectivity index (χ2v) is 5.64. The van der Waals surface area contributed by atoms with E-state index in [1.807, 2.05) is 13.0 Å². The van der Waals surface area contributed by atoms with Gasteiger partial charge in [-0.25, -0.2) is 0 Å². The molecule has 2 amide bonds. The standard InChI is InChI=1S/C19H16N2O4/c1-11-4-3-5-15-16(23)10-17(25-18(11)15)19(24)21-14-8-6-13(7-9-14)20-12(2)22/h3-10H,1-2H3,(H,20,22)(H,21,24). The minimum absolute atomic E-state index is 0.0577. The Bertz CT molecular complexity index is 1020. The molecule has 3 aromatic rings. The number of anilines is 2. The van der Waals surface area contributed by atoms with Gasteiger partial charge in [-0.05, 0) is 42.8 Å². The molecule has 1 aromatic heterocycles. The van der Waals surface area contributed by atoms with E-state index in [0.29, 0.717) is 22.3 Å². The summed E-state index contributed by atoms with van der Waals surface area (Å²) in [5.41, 5.74) is 2.06. The van der Waals surface area contributed by atoms with Crippen LogP contribution in [0.5, 0.6) is 0 Å². The zero-order chi connectivity index (χ0) is 18.0. The van der Waals surface area contributed by atoms with E-state index in [0.717, 1.165) is 5.56 Å². The number of hydrogen-bond donors (Lipinski definition) is 2. The highest BCUT2D eigenvalue weighted by molar-refractivity contribution is 6.03. The van der Waals surface area contributed by atoms with Crippen LogP contribution in [-0.2, 0) is 4.79 Å². The van der Waals surface area contributed by atoms with Crippen molar-refractivity contribution in [2.24, 2.45) is 0 Å². The Morgan fingerprint density at radius 2 is 1.60 bits per heavy atom. The van der Waals surface area contributed by atoms with Gasteiger partial charge in [0, 0.05) is 24.4 Å². The Morgan fingerprint density at radius 1 is 0.960 bits per heavy atom. The fourth-order valence-electron chi connectivity index (χ4n) is 2.46. The lowest BCUT2D eigenvalue weighted by Gasteiger charge is -2.08. The molecule has 0 aliphatic rings. The molecule has 0 saturated carbocycles. The van der Waals surface area contributed by atoms with Crippen LogP contribution in [0.1, 0.15) is 23.0 Å². The van der Waals surface area contributed by atoms with Crippen LogP contribution in [0.25, 0.3) is 11.0 Å². The summed E-state index contributed by atoms with van der Waals surface area (Å²) >= 11 is 0. The van der Waals surface area contributed by atoms with Crippen LogP contribution in [0.2, 0.25) is 0 Å². The highest BCUT2D eigenvalue weighted by Gasteiger charge is 2.13. The van der Waals surface area contributed by atoms with E-state index < -0.39 is 5.91 Å². The van der Waals surface area contributed by atoms with Gasteiger partial charge in [0.25, 0.3) is 5.91 Å². The van der Waals surface area contributed by atoms with Crippen molar-refractivity contribution in [3.05, 3.63) is 70.1 Å². The molecule has 0 fully saturated rings. The van der Waals surface area contributed by atoms with Gasteiger partial charge in [-0.3, -0.25) is 14.4 Å². The molecule has 3 rings (SSSR count). The number of para-hydroxylation sites is 1. The summed E-state index contributed by atoms with van der Waals surface area (Å²) in [7, 11) is 0. The molecule has 0 saturated heterocycles. The maximum Gasteiger partial charge on any atom is 0.291 e. The van der Waals surface area contributed by atoms with Crippen LogP contribution in [0, 0.1) is 6.92 Å². The summed E-state index contributed by atoms with van der Waals surface area (Å²) in [5, 5.41) is 5.75. The first-order chi connectivity index (χ1) is 11.9. The third-order valence-corrected chi connectivity index (χ3v) is 3.64. The summed E-state index contributed by atoms with van der Waals surface area (Å²) in [4.78, 5) is 35.6. The van der Waals surface area contributed by atoms with Crippen molar-refractivity contribution in [3.8, 4) is 0 Å². The molecule has 0 spiro atoms. The molecular formula is C19H16N2O4. The van der Waals surface area contributed by atoms with Crippen molar-refractivity contribution in [1.29, 1.82) is 0 Å². The fourth-order valence-corrected chi connectivity index (χ4v) is 2.46. The molecule has 0 aliphatic carbocycles. The van der Waals surface area contributed by atoms with E-state index in [-0.39, 0.29) is 17.1 Å². The number of hydrogen-bond acceptors (Lipinski definition) is 4. The van der Waals surface area contributed by atoms with Gasteiger partial charge in [-0.1, -0.05) is 12.1 Å². The number of aryl methyl sites for hydroxylation is 1. The summed E-state index contributed by atoms with van der Waals surface area (Å²) in [6.07, 6.45) is 0. The molecule has 0 atom stereocenters. The molecule has 0 bridgehead atoms. The second-order valence-electron chi connectivity index (χ2n) is 5.64. The Labute approximate surface area is 143 Å². The van der Waals surface area contributed by atoms with Crippen LogP contribution < -0.4 is 16.1 Å². The van der Waals surface area contributed by atoms with Crippen molar-refractivity contribution in [2.45, 2.75) is 13.8 Å². The summed E-state index contributed by atoms with van der Waals surface area (Å²) in [6, 6.07) is 13.1. The SMILES string of the molecule is CC(=O)Nc1ccc(NC(=O)c2cc(=O)c3cccc(C)c3o2)cc1. The van der Waals surface area contributed by atoms with E-state index in [1.165, 1.54) is 13.0 Å². The summed E-state index contributed by atoms with van der Waals surface area (Å²) in [5.74, 6) is -0.752. The Balaban J connectivity index is 1.86. The quantitative estimate of drug-likeness (QED) is 0.768. The molecule has 0 aliphatic heterocycles. The fraction of sp³-hybridized carbons (Fsp3) is 0.105. The topological polar surface area (TPSA) is 88.4 Å². The molecule has 25 heavy (non-hydrogen) atoms. The molecule has 2 N–H and O–H groups in total. The van der Waals surface area contributed by atoms with E-state index >= 15 is 0 Å². The predicted molar refractivity (Wildman–Crippen MR) is 95.9 cm³/mol. The summed E-state index contributed by atoms with van der Waals surface area (Å²) < 4.78 is 5.61. The lowest BCUT2D eigenvalue weighted by atomic mass is 10.1. The highest BCUT2D eigenvalue weighted by Crippen LogP contribution is 2.18. The second kappa shape index (κ2) is 6.60. The van der Waals surface area contributed by atoms with Gasteiger partial charge in [0.1, 0.15) is 5.58 Å². The zero-order valence-corrected chi connectivity index (χ0v) is 13.8. The van der Waals surface area contributed by atoms with Gasteiger partial charge in [-0.15, -0.1) is 0 Å². The number of carbonyl (C=O) groups is 2. The van der Waals surface area contributed by atoms with E-state index in [1.54, 1.807) is 36.4 Å². The maximum atomic E-state index is 12.4. The Kier molecular flexibility index (Phi) is 4.35. The average Bonchev–Trinajstić information content (AvgIpc) is 2.57. The van der Waals surface area contributed by atoms with Crippen LogP contribution in [0.4, 0.5) is 11.4 Å². The van der Waals surface area contributed by atoms with Crippen LogP contribution in [-0.4, -0.2) is 11.8 Å². The molecule has 126 valence electrons. The lowest BCUT2D eigenvalue weighted by Crippen LogP contribution is -2.15. The van der Waals surface area contributed by atoms with Gasteiger partial charge in [-0.2, -0.15) is 0 Å². The molecular weight excluding hydrogens is 320 g/mol. The van der Waals surface area contributed by atoms with Crippen LogP contribution in [0.15, 0.2) is 57.7 Å². The minimum Gasteiger partial charge on any atom is -0.450 e. The predicted octanol–water partition coefficient (Wildman–Crippen LogP) is 3.31. The molecule has 6 heteroatoms. The van der Waals surface area contributed by atoms with Crippen LogP contribution in [0.3, 0.4) is 0 Å². The number of fused-ring (bicyclic) bond motifs is 1. The smallest absolute Gasteiger partial charge is 0.291 e. The highest BCUT2D eigenvalue weighted by atomic mass is 16.3. The van der Waals surface area contributed by atoms with Gasteiger partial charge in [0.05, 0.1) is 5.39 Å². The molecule has 2 aromatic carbocycles. The first kappa shape index (κ1) is 16.4. The normalized spacial score (nSPS) is 10.5. The van der Waals surface area contributed by atoms with Gasteiger partial charge >= 0.3 is 0 Å². The first-order valence-electron chi connectivity index (χ1n) is 7.66. The number of nitrogens with one attached hydrogen (secondary N) is 2. The number of carbonyl (C=O) groups excluding carboxylic acids is 2. The van der Waals surface area contributed by atoms with E-state index in [2.05, 4.69) is 10.6 Å². The molecule has 0 radical (unpaired) electrons. The average molecular weight is 336 g/mol. The first-order valence-corrected chi connectivity index (χ1v) is 7.66. The minimum atomic E-state index is -0.519.